The van der Waals surface area contributed by atoms with Gasteiger partial charge in [-0.2, -0.15) is 0 Å². The van der Waals surface area contributed by atoms with E-state index in [1.165, 1.54) is 18.4 Å². The number of hydrogen-bond donors (Lipinski definition) is 1. The van der Waals surface area contributed by atoms with Crippen molar-refractivity contribution in [3.63, 3.8) is 0 Å². The first-order chi connectivity index (χ1) is 7.46. The number of rotatable bonds is 4. The van der Waals surface area contributed by atoms with Gasteiger partial charge in [0.2, 0.25) is 8.32 Å². The molecule has 1 aliphatic carbocycles. The maximum Gasteiger partial charge on any atom is 0.242 e. The molecule has 1 atom stereocenters. The van der Waals surface area contributed by atoms with Crippen molar-refractivity contribution in [1.29, 1.82) is 0 Å². The highest BCUT2D eigenvalue weighted by molar-refractivity contribution is 6.70. The van der Waals surface area contributed by atoms with Crippen molar-refractivity contribution in [3.8, 4) is 5.75 Å². The van der Waals surface area contributed by atoms with Crippen LogP contribution < -0.4 is 10.2 Å². The van der Waals surface area contributed by atoms with Gasteiger partial charge in [0.1, 0.15) is 5.75 Å². The Morgan fingerprint density at radius 2 is 1.75 bits per heavy atom. The zero-order valence-corrected chi connectivity index (χ0v) is 11.4. The fraction of sp³-hybridized carbons (Fsp3) is 0.538. The van der Waals surface area contributed by atoms with Gasteiger partial charge in [-0.15, -0.1) is 0 Å². The molecule has 0 bridgehead atoms. The molecule has 3 heteroatoms. The summed E-state index contributed by atoms with van der Waals surface area (Å²) in [7, 11) is -1.48. The van der Waals surface area contributed by atoms with Gasteiger partial charge >= 0.3 is 0 Å². The Morgan fingerprint density at radius 3 is 2.19 bits per heavy atom. The average molecular weight is 235 g/mol. The number of nitrogens with two attached hydrogens (primary N) is 1. The van der Waals surface area contributed by atoms with Crippen LogP contribution >= 0.6 is 0 Å². The lowest BCUT2D eigenvalue weighted by molar-refractivity contribution is 0.556. The molecule has 1 fully saturated rings. The summed E-state index contributed by atoms with van der Waals surface area (Å²) in [4.78, 5) is 0. The fourth-order valence-corrected chi connectivity index (χ4v) is 2.68. The monoisotopic (exact) mass is 235 g/mol. The highest BCUT2D eigenvalue weighted by Gasteiger charge is 2.29. The summed E-state index contributed by atoms with van der Waals surface area (Å²) in [6.07, 6.45) is 2.57. The van der Waals surface area contributed by atoms with Crippen LogP contribution in [0.15, 0.2) is 24.3 Å². The first kappa shape index (κ1) is 11.7. The minimum atomic E-state index is -1.48. The molecule has 0 unspecified atom stereocenters. The van der Waals surface area contributed by atoms with E-state index >= 15 is 0 Å². The molecular formula is C13H21NOSi. The van der Waals surface area contributed by atoms with E-state index in [0.29, 0.717) is 5.92 Å². The van der Waals surface area contributed by atoms with Gasteiger partial charge in [-0.25, -0.2) is 0 Å². The molecule has 2 N–H and O–H groups in total. The maximum atomic E-state index is 6.15. The van der Waals surface area contributed by atoms with Crippen molar-refractivity contribution in [2.24, 2.45) is 11.7 Å². The molecule has 0 saturated heterocycles. The van der Waals surface area contributed by atoms with Crippen LogP contribution in [0, 0.1) is 5.92 Å². The van der Waals surface area contributed by atoms with Crippen LogP contribution in [0.3, 0.4) is 0 Å². The molecule has 0 aliphatic heterocycles. The molecule has 0 heterocycles. The molecule has 88 valence electrons. The van der Waals surface area contributed by atoms with Crippen LogP contribution in [0.2, 0.25) is 19.6 Å². The Labute approximate surface area is 98.9 Å². The molecule has 2 rings (SSSR count). The van der Waals surface area contributed by atoms with Crippen LogP contribution in [0.5, 0.6) is 5.75 Å². The van der Waals surface area contributed by atoms with Crippen molar-refractivity contribution >= 4 is 8.32 Å². The number of hydrogen-bond acceptors (Lipinski definition) is 2. The Bertz CT molecular complexity index is 351. The third-order valence-electron chi connectivity index (χ3n) is 2.82. The lowest BCUT2D eigenvalue weighted by Gasteiger charge is -2.19. The van der Waals surface area contributed by atoms with Crippen LogP contribution in [0.1, 0.15) is 24.4 Å². The van der Waals surface area contributed by atoms with Crippen molar-refractivity contribution in [1.82, 2.24) is 0 Å². The molecule has 16 heavy (non-hydrogen) atoms. The van der Waals surface area contributed by atoms with Gasteiger partial charge in [0.15, 0.2) is 0 Å². The third kappa shape index (κ3) is 3.09. The van der Waals surface area contributed by atoms with Crippen molar-refractivity contribution in [2.75, 3.05) is 0 Å². The van der Waals surface area contributed by atoms with Gasteiger partial charge in [0.05, 0.1) is 0 Å². The van der Waals surface area contributed by atoms with Gasteiger partial charge in [0.25, 0.3) is 0 Å². The molecule has 1 aliphatic rings. The molecular weight excluding hydrogens is 214 g/mol. The lowest BCUT2D eigenvalue weighted by Crippen LogP contribution is -2.29. The van der Waals surface area contributed by atoms with E-state index < -0.39 is 8.32 Å². The van der Waals surface area contributed by atoms with Gasteiger partial charge < -0.3 is 10.2 Å². The highest BCUT2D eigenvalue weighted by Crippen LogP contribution is 2.39. The first-order valence-corrected chi connectivity index (χ1v) is 9.41. The maximum absolute atomic E-state index is 6.15. The zero-order valence-electron chi connectivity index (χ0n) is 10.4. The molecule has 1 aromatic rings. The summed E-state index contributed by atoms with van der Waals surface area (Å²) in [5.74, 6) is 1.69. The van der Waals surface area contributed by atoms with Crippen molar-refractivity contribution in [2.45, 2.75) is 38.5 Å². The Hall–Kier alpha value is -0.803. The van der Waals surface area contributed by atoms with Gasteiger partial charge in [0, 0.05) is 6.04 Å². The summed E-state index contributed by atoms with van der Waals surface area (Å²) in [5.41, 5.74) is 7.39. The summed E-state index contributed by atoms with van der Waals surface area (Å²) in [6, 6.07) is 8.55. The van der Waals surface area contributed by atoms with Crippen LogP contribution in [0.4, 0.5) is 0 Å². The summed E-state index contributed by atoms with van der Waals surface area (Å²) < 4.78 is 5.91. The highest BCUT2D eigenvalue weighted by atomic mass is 28.4. The molecule has 0 spiro atoms. The van der Waals surface area contributed by atoms with E-state index in [1.807, 2.05) is 0 Å². The first-order valence-electron chi connectivity index (χ1n) is 6.00. The van der Waals surface area contributed by atoms with Crippen LogP contribution in [-0.4, -0.2) is 8.32 Å². The van der Waals surface area contributed by atoms with E-state index in [1.54, 1.807) is 0 Å². The van der Waals surface area contributed by atoms with Crippen molar-refractivity contribution in [3.05, 3.63) is 29.8 Å². The van der Waals surface area contributed by atoms with Gasteiger partial charge in [-0.05, 0) is 56.1 Å². The third-order valence-corrected chi connectivity index (χ3v) is 3.67. The van der Waals surface area contributed by atoms with E-state index in [4.69, 9.17) is 10.2 Å². The second-order valence-corrected chi connectivity index (χ2v) is 10.1. The van der Waals surface area contributed by atoms with Crippen molar-refractivity contribution < 1.29 is 4.43 Å². The Balaban J connectivity index is 2.04. The fourth-order valence-electron chi connectivity index (χ4n) is 1.84. The molecule has 1 aromatic carbocycles. The largest absolute Gasteiger partial charge is 0.544 e. The summed E-state index contributed by atoms with van der Waals surface area (Å²) in [6.45, 7) is 6.57. The minimum absolute atomic E-state index is 0.223. The second kappa shape index (κ2) is 4.22. The number of benzene rings is 1. The average Bonchev–Trinajstić information content (AvgIpc) is 2.98. The van der Waals surface area contributed by atoms with E-state index in [-0.39, 0.29) is 6.04 Å². The standard InChI is InChI=1S/C13H21NOSi/c1-16(2,3)15-12-8-6-11(7-9-12)13(14)10-4-5-10/h6-10,13H,4-5,14H2,1-3H3/t13-/m1/s1. The topological polar surface area (TPSA) is 35.2 Å². The predicted molar refractivity (Wildman–Crippen MR) is 70.1 cm³/mol. The smallest absolute Gasteiger partial charge is 0.242 e. The molecule has 1 saturated carbocycles. The summed E-state index contributed by atoms with van der Waals surface area (Å²) in [5, 5.41) is 0. The molecule has 0 aromatic heterocycles. The van der Waals surface area contributed by atoms with E-state index in [2.05, 4.69) is 43.9 Å². The predicted octanol–water partition coefficient (Wildman–Crippen LogP) is 3.31. The van der Waals surface area contributed by atoms with Gasteiger partial charge in [-0.1, -0.05) is 12.1 Å². The van der Waals surface area contributed by atoms with E-state index in [9.17, 15) is 0 Å². The Kier molecular flexibility index (Phi) is 3.08. The molecule has 0 amide bonds. The normalized spacial score (nSPS) is 18.2. The molecule has 0 radical (unpaired) electrons. The SMILES string of the molecule is C[Si](C)(C)Oc1ccc([C@H](N)C2CC2)cc1. The quantitative estimate of drug-likeness (QED) is 0.813. The second-order valence-electron chi connectivity index (χ2n) is 5.65. The van der Waals surface area contributed by atoms with Crippen LogP contribution in [0.25, 0.3) is 0 Å². The molecule has 2 nitrogen and oxygen atoms in total. The summed E-state index contributed by atoms with van der Waals surface area (Å²) >= 11 is 0. The Morgan fingerprint density at radius 1 is 1.19 bits per heavy atom. The van der Waals surface area contributed by atoms with E-state index in [0.717, 1.165) is 5.75 Å². The lowest BCUT2D eigenvalue weighted by atomic mass is 10.0. The minimum Gasteiger partial charge on any atom is -0.544 e. The van der Waals surface area contributed by atoms with Crippen LogP contribution in [-0.2, 0) is 0 Å². The van der Waals surface area contributed by atoms with Gasteiger partial charge in [-0.3, -0.25) is 0 Å². The zero-order chi connectivity index (χ0) is 11.8.